The fourth-order valence-corrected chi connectivity index (χ4v) is 3.22. The second-order valence-corrected chi connectivity index (χ2v) is 6.35. The number of methoxy groups -OCH3 is 1. The number of hydrogen-bond donors (Lipinski definition) is 2. The predicted octanol–water partition coefficient (Wildman–Crippen LogP) is 3.03. The van der Waals surface area contributed by atoms with Gasteiger partial charge in [0.05, 0.1) is 24.3 Å². The molecular weight excluding hydrogens is 316 g/mol. The Labute approximate surface area is 142 Å². The monoisotopic (exact) mass is 340 g/mol. The van der Waals surface area contributed by atoms with Crippen LogP contribution in [0, 0.1) is 0 Å². The van der Waals surface area contributed by atoms with Crippen LogP contribution in [0.3, 0.4) is 0 Å². The molecule has 0 bridgehead atoms. The zero-order valence-corrected chi connectivity index (χ0v) is 14.5. The summed E-state index contributed by atoms with van der Waals surface area (Å²) in [4.78, 5) is 12.4. The van der Waals surface area contributed by atoms with Crippen molar-refractivity contribution in [2.24, 2.45) is 5.73 Å². The van der Waals surface area contributed by atoms with Gasteiger partial charge in [-0.15, -0.1) is 0 Å². The molecule has 128 valence electrons. The summed E-state index contributed by atoms with van der Waals surface area (Å²) in [6.07, 6.45) is 4.65. The van der Waals surface area contributed by atoms with E-state index in [9.17, 15) is 4.79 Å². The number of hydrogen-bond acceptors (Lipinski definition) is 4. The van der Waals surface area contributed by atoms with Crippen LogP contribution in [0.1, 0.15) is 44.6 Å². The van der Waals surface area contributed by atoms with Crippen molar-refractivity contribution in [1.82, 2.24) is 5.32 Å². The molecule has 0 spiro atoms. The minimum Gasteiger partial charge on any atom is -0.493 e. The van der Waals surface area contributed by atoms with Crippen molar-refractivity contribution in [3.8, 4) is 11.5 Å². The SMILES string of the molecule is CCOc1c(Cl)cc(CNC(=O)C2(N)CCCCC2)cc1OC. The van der Waals surface area contributed by atoms with Gasteiger partial charge in [-0.25, -0.2) is 0 Å². The van der Waals surface area contributed by atoms with Crippen LogP contribution >= 0.6 is 11.6 Å². The molecule has 6 heteroatoms. The molecule has 0 saturated heterocycles. The summed E-state index contributed by atoms with van der Waals surface area (Å²) in [6, 6.07) is 3.60. The van der Waals surface area contributed by atoms with Crippen molar-refractivity contribution in [2.75, 3.05) is 13.7 Å². The topological polar surface area (TPSA) is 73.6 Å². The van der Waals surface area contributed by atoms with E-state index in [2.05, 4.69) is 5.32 Å². The lowest BCUT2D eigenvalue weighted by Crippen LogP contribution is -2.54. The van der Waals surface area contributed by atoms with E-state index in [1.165, 1.54) is 0 Å². The van der Waals surface area contributed by atoms with Crippen molar-refractivity contribution in [3.05, 3.63) is 22.7 Å². The number of amides is 1. The van der Waals surface area contributed by atoms with Gasteiger partial charge in [0.2, 0.25) is 5.91 Å². The molecule has 1 aliphatic carbocycles. The van der Waals surface area contributed by atoms with E-state index in [0.717, 1.165) is 37.7 Å². The Bertz CT molecular complexity index is 557. The van der Waals surface area contributed by atoms with E-state index >= 15 is 0 Å². The molecule has 3 N–H and O–H groups in total. The molecule has 1 aromatic rings. The molecule has 1 aliphatic rings. The van der Waals surface area contributed by atoms with Gasteiger partial charge in [-0.2, -0.15) is 0 Å². The molecule has 5 nitrogen and oxygen atoms in total. The number of carbonyl (C=O) groups is 1. The highest BCUT2D eigenvalue weighted by atomic mass is 35.5. The second kappa shape index (κ2) is 7.88. The van der Waals surface area contributed by atoms with Crippen LogP contribution in [-0.4, -0.2) is 25.2 Å². The summed E-state index contributed by atoms with van der Waals surface area (Å²) in [5.41, 5.74) is 6.34. The van der Waals surface area contributed by atoms with Crippen molar-refractivity contribution >= 4 is 17.5 Å². The first-order chi connectivity index (χ1) is 11.0. The van der Waals surface area contributed by atoms with Crippen LogP contribution in [0.25, 0.3) is 0 Å². The van der Waals surface area contributed by atoms with Crippen LogP contribution in [-0.2, 0) is 11.3 Å². The van der Waals surface area contributed by atoms with E-state index in [4.69, 9.17) is 26.8 Å². The quantitative estimate of drug-likeness (QED) is 0.834. The minimum absolute atomic E-state index is 0.0961. The summed E-state index contributed by atoms with van der Waals surface area (Å²) < 4.78 is 10.8. The lowest BCUT2D eigenvalue weighted by Gasteiger charge is -2.31. The van der Waals surface area contributed by atoms with E-state index in [-0.39, 0.29) is 5.91 Å². The van der Waals surface area contributed by atoms with Gasteiger partial charge in [0.25, 0.3) is 0 Å². The Balaban J connectivity index is 2.05. The number of halogens is 1. The van der Waals surface area contributed by atoms with Gasteiger partial charge in [0.1, 0.15) is 0 Å². The Morgan fingerprint density at radius 1 is 1.35 bits per heavy atom. The summed E-state index contributed by atoms with van der Waals surface area (Å²) in [5.74, 6) is 0.985. The van der Waals surface area contributed by atoms with Crippen LogP contribution in [0.15, 0.2) is 12.1 Å². The number of carbonyl (C=O) groups excluding carboxylic acids is 1. The first-order valence-electron chi connectivity index (χ1n) is 8.06. The second-order valence-electron chi connectivity index (χ2n) is 5.94. The Morgan fingerprint density at radius 2 is 2.04 bits per heavy atom. The van der Waals surface area contributed by atoms with Crippen molar-refractivity contribution < 1.29 is 14.3 Å². The fraction of sp³-hybridized carbons (Fsp3) is 0.588. The molecule has 0 unspecified atom stereocenters. The normalized spacial score (nSPS) is 16.7. The average molecular weight is 341 g/mol. The summed E-state index contributed by atoms with van der Waals surface area (Å²) >= 11 is 6.24. The third-order valence-electron chi connectivity index (χ3n) is 4.23. The van der Waals surface area contributed by atoms with Gasteiger partial charge >= 0.3 is 0 Å². The highest BCUT2D eigenvalue weighted by Gasteiger charge is 2.34. The number of benzene rings is 1. The summed E-state index contributed by atoms with van der Waals surface area (Å²) in [7, 11) is 1.56. The maximum absolute atomic E-state index is 12.4. The fourth-order valence-electron chi connectivity index (χ4n) is 2.93. The first kappa shape index (κ1) is 17.9. The first-order valence-corrected chi connectivity index (χ1v) is 8.44. The van der Waals surface area contributed by atoms with E-state index in [0.29, 0.717) is 29.7 Å². The summed E-state index contributed by atoms with van der Waals surface area (Å²) in [5, 5.41) is 3.39. The third-order valence-corrected chi connectivity index (χ3v) is 4.51. The minimum atomic E-state index is -0.739. The number of ether oxygens (including phenoxy) is 2. The summed E-state index contributed by atoms with van der Waals surface area (Å²) in [6.45, 7) is 2.75. The standard InChI is InChI=1S/C17H25ClN2O3/c1-3-23-15-13(18)9-12(10-14(15)22-2)11-20-16(21)17(19)7-5-4-6-8-17/h9-10H,3-8,11,19H2,1-2H3,(H,20,21). The van der Waals surface area contributed by atoms with Gasteiger partial charge in [0, 0.05) is 6.54 Å². The lowest BCUT2D eigenvalue weighted by atomic mass is 9.82. The Hall–Kier alpha value is -1.46. The van der Waals surface area contributed by atoms with Gasteiger partial charge in [-0.1, -0.05) is 30.9 Å². The average Bonchev–Trinajstić information content (AvgIpc) is 2.55. The molecule has 1 fully saturated rings. The van der Waals surface area contributed by atoms with Gasteiger partial charge in [-0.3, -0.25) is 4.79 Å². The van der Waals surface area contributed by atoms with Crippen LogP contribution < -0.4 is 20.5 Å². The molecule has 2 rings (SSSR count). The van der Waals surface area contributed by atoms with Gasteiger partial charge in [0.15, 0.2) is 11.5 Å². The molecular formula is C17H25ClN2O3. The molecule has 0 aliphatic heterocycles. The van der Waals surface area contributed by atoms with Crippen LogP contribution in [0.5, 0.6) is 11.5 Å². The molecule has 1 saturated carbocycles. The van der Waals surface area contributed by atoms with Crippen LogP contribution in [0.4, 0.5) is 0 Å². The van der Waals surface area contributed by atoms with Gasteiger partial charge < -0.3 is 20.5 Å². The zero-order chi connectivity index (χ0) is 16.9. The molecule has 0 aromatic heterocycles. The van der Waals surface area contributed by atoms with Crippen molar-refractivity contribution in [1.29, 1.82) is 0 Å². The Kier molecular flexibility index (Phi) is 6.13. The molecule has 1 aromatic carbocycles. The molecule has 1 amide bonds. The van der Waals surface area contributed by atoms with E-state index in [1.54, 1.807) is 13.2 Å². The smallest absolute Gasteiger partial charge is 0.240 e. The maximum atomic E-state index is 12.4. The number of nitrogens with two attached hydrogens (primary N) is 1. The molecule has 0 radical (unpaired) electrons. The lowest BCUT2D eigenvalue weighted by molar-refractivity contribution is -0.127. The van der Waals surface area contributed by atoms with E-state index < -0.39 is 5.54 Å². The largest absolute Gasteiger partial charge is 0.493 e. The molecule has 0 heterocycles. The predicted molar refractivity (Wildman–Crippen MR) is 91.0 cm³/mol. The third kappa shape index (κ3) is 4.30. The maximum Gasteiger partial charge on any atom is 0.240 e. The highest BCUT2D eigenvalue weighted by molar-refractivity contribution is 6.32. The molecule has 23 heavy (non-hydrogen) atoms. The van der Waals surface area contributed by atoms with E-state index in [1.807, 2.05) is 13.0 Å². The highest BCUT2D eigenvalue weighted by Crippen LogP contribution is 2.36. The number of nitrogens with one attached hydrogen (secondary N) is 1. The molecule has 0 atom stereocenters. The van der Waals surface area contributed by atoms with Gasteiger partial charge in [-0.05, 0) is 37.5 Å². The van der Waals surface area contributed by atoms with Crippen molar-refractivity contribution in [3.63, 3.8) is 0 Å². The van der Waals surface area contributed by atoms with Crippen molar-refractivity contribution in [2.45, 2.75) is 51.1 Å². The number of rotatable bonds is 6. The van der Waals surface area contributed by atoms with Crippen LogP contribution in [0.2, 0.25) is 5.02 Å². The Morgan fingerprint density at radius 3 is 2.65 bits per heavy atom. The zero-order valence-electron chi connectivity index (χ0n) is 13.8.